The monoisotopic (exact) mass is 426 g/mol. The molecule has 1 aliphatic carbocycles. The lowest BCUT2D eigenvalue weighted by atomic mass is 10.0. The molecule has 1 aromatic carbocycles. The van der Waals surface area contributed by atoms with Crippen molar-refractivity contribution in [2.75, 3.05) is 6.61 Å². The van der Waals surface area contributed by atoms with Crippen molar-refractivity contribution in [2.24, 2.45) is 5.92 Å². The van der Waals surface area contributed by atoms with Crippen LogP contribution in [0.25, 0.3) is 10.2 Å². The smallest absolute Gasteiger partial charge is 0.348 e. The van der Waals surface area contributed by atoms with Gasteiger partial charge in [-0.25, -0.2) is 9.59 Å². The van der Waals surface area contributed by atoms with E-state index in [1.807, 2.05) is 30.3 Å². The molecule has 4 rings (SSSR count). The van der Waals surface area contributed by atoms with Crippen molar-refractivity contribution in [2.45, 2.75) is 51.5 Å². The molecule has 0 amide bonds. The van der Waals surface area contributed by atoms with Crippen molar-refractivity contribution in [3.63, 3.8) is 0 Å². The Balaban J connectivity index is 1.49. The maximum absolute atomic E-state index is 12.8. The number of nitrogens with one attached hydrogen (secondary N) is 1. The first-order valence-corrected chi connectivity index (χ1v) is 11.4. The van der Waals surface area contributed by atoms with Crippen LogP contribution >= 0.6 is 11.3 Å². The Morgan fingerprint density at radius 1 is 1.10 bits per heavy atom. The summed E-state index contributed by atoms with van der Waals surface area (Å²) in [5.74, 6) is -0.00243. The molecule has 1 N–H and O–H groups in total. The summed E-state index contributed by atoms with van der Waals surface area (Å²) < 4.78 is 6.73. The molecule has 7 heteroatoms. The summed E-state index contributed by atoms with van der Waals surface area (Å²) in [6, 6.07) is 11.3. The third kappa shape index (κ3) is 4.73. The number of hydrogen-bond acceptors (Lipinski definition) is 5. The Morgan fingerprint density at radius 3 is 2.57 bits per heavy atom. The van der Waals surface area contributed by atoms with Crippen LogP contribution in [0.15, 0.2) is 46.0 Å². The minimum atomic E-state index is -0.455. The van der Waals surface area contributed by atoms with E-state index in [-0.39, 0.29) is 12.1 Å². The second kappa shape index (κ2) is 9.43. The Morgan fingerprint density at radius 2 is 1.83 bits per heavy atom. The van der Waals surface area contributed by atoms with Gasteiger partial charge in [0.1, 0.15) is 9.71 Å². The van der Waals surface area contributed by atoms with Gasteiger partial charge < -0.3 is 4.74 Å². The van der Waals surface area contributed by atoms with Crippen LogP contribution < -0.4 is 11.2 Å². The number of aromatic nitrogens is 2. The Kier molecular flexibility index (Phi) is 6.47. The Bertz CT molecular complexity index is 1120. The maximum Gasteiger partial charge on any atom is 0.348 e. The van der Waals surface area contributed by atoms with Crippen molar-refractivity contribution >= 4 is 27.5 Å². The topological polar surface area (TPSA) is 81.2 Å². The fourth-order valence-corrected chi connectivity index (χ4v) is 4.96. The number of benzene rings is 1. The van der Waals surface area contributed by atoms with Gasteiger partial charge in [-0.05, 0) is 36.8 Å². The third-order valence-corrected chi connectivity index (χ3v) is 6.80. The molecule has 0 bridgehead atoms. The molecule has 0 atom stereocenters. The molecule has 0 radical (unpaired) electrons. The van der Waals surface area contributed by atoms with Crippen LogP contribution in [0.4, 0.5) is 0 Å². The van der Waals surface area contributed by atoms with E-state index in [1.165, 1.54) is 30.3 Å². The lowest BCUT2D eigenvalue weighted by Crippen LogP contribution is -2.35. The highest BCUT2D eigenvalue weighted by molar-refractivity contribution is 7.20. The molecule has 30 heavy (non-hydrogen) atoms. The van der Waals surface area contributed by atoms with Gasteiger partial charge in [-0.1, -0.05) is 56.0 Å². The van der Waals surface area contributed by atoms with Gasteiger partial charge in [-0.15, -0.1) is 11.3 Å². The van der Waals surface area contributed by atoms with E-state index < -0.39 is 11.7 Å². The SMILES string of the molecule is O=C(OCC1CCCCCC1)c1cc2c(=O)n(CCc3ccccc3)c(=O)[nH]c2s1. The van der Waals surface area contributed by atoms with Gasteiger partial charge in [0.15, 0.2) is 0 Å². The molecule has 2 aromatic heterocycles. The number of H-pyrrole nitrogens is 1. The van der Waals surface area contributed by atoms with Gasteiger partial charge in [0, 0.05) is 6.54 Å². The van der Waals surface area contributed by atoms with E-state index in [4.69, 9.17) is 4.74 Å². The number of ether oxygens (including phenoxy) is 1. The molecule has 6 nitrogen and oxygen atoms in total. The molecule has 0 spiro atoms. The number of aryl methyl sites for hydroxylation is 1. The Labute approximate surface area is 178 Å². The van der Waals surface area contributed by atoms with Crippen LogP contribution in [-0.4, -0.2) is 22.1 Å². The van der Waals surface area contributed by atoms with Crippen LogP contribution in [0.1, 0.15) is 53.8 Å². The number of aromatic amines is 1. The lowest BCUT2D eigenvalue weighted by Gasteiger charge is -2.13. The fourth-order valence-electron chi connectivity index (χ4n) is 4.03. The molecular weight excluding hydrogens is 400 g/mol. The summed E-state index contributed by atoms with van der Waals surface area (Å²) >= 11 is 1.10. The third-order valence-electron chi connectivity index (χ3n) is 5.77. The first kappa shape index (κ1) is 20.6. The summed E-state index contributed by atoms with van der Waals surface area (Å²) in [4.78, 5) is 41.3. The quantitative estimate of drug-likeness (QED) is 0.475. The van der Waals surface area contributed by atoms with Gasteiger partial charge in [0.25, 0.3) is 5.56 Å². The standard InChI is InChI=1S/C23H26N2O4S/c26-21-18-14-19(22(27)29-15-17-10-4-1-2-5-11-17)30-20(18)24-23(28)25(21)13-12-16-8-6-3-7-9-16/h3,6-9,14,17H,1-2,4-5,10-13,15H2,(H,24,28). The van der Waals surface area contributed by atoms with E-state index in [2.05, 4.69) is 4.98 Å². The summed E-state index contributed by atoms with van der Waals surface area (Å²) in [6.07, 6.45) is 7.66. The van der Waals surface area contributed by atoms with Gasteiger partial charge in [0.2, 0.25) is 0 Å². The number of carbonyl (C=O) groups excluding carboxylic acids is 1. The Hall–Kier alpha value is -2.67. The summed E-state index contributed by atoms with van der Waals surface area (Å²) in [5.41, 5.74) is 0.226. The molecule has 0 unspecified atom stereocenters. The minimum Gasteiger partial charge on any atom is -0.461 e. The second-order valence-electron chi connectivity index (χ2n) is 7.93. The highest BCUT2D eigenvalue weighted by atomic mass is 32.1. The largest absolute Gasteiger partial charge is 0.461 e. The molecule has 1 aliphatic rings. The van der Waals surface area contributed by atoms with E-state index in [0.717, 1.165) is 29.7 Å². The van der Waals surface area contributed by atoms with Crippen LogP contribution in [-0.2, 0) is 17.7 Å². The van der Waals surface area contributed by atoms with Gasteiger partial charge >= 0.3 is 11.7 Å². The van der Waals surface area contributed by atoms with Crippen molar-refractivity contribution in [1.29, 1.82) is 0 Å². The predicted molar refractivity (Wildman–Crippen MR) is 118 cm³/mol. The van der Waals surface area contributed by atoms with Gasteiger partial charge in [-0.2, -0.15) is 0 Å². The lowest BCUT2D eigenvalue weighted by molar-refractivity contribution is 0.0433. The second-order valence-corrected chi connectivity index (χ2v) is 8.98. The number of rotatable bonds is 6. The average molecular weight is 427 g/mol. The highest BCUT2D eigenvalue weighted by Crippen LogP contribution is 2.25. The zero-order valence-electron chi connectivity index (χ0n) is 16.9. The van der Waals surface area contributed by atoms with Gasteiger partial charge in [0.05, 0.1) is 12.0 Å². The average Bonchev–Trinajstić information content (AvgIpc) is 3.00. The summed E-state index contributed by atoms with van der Waals surface area (Å²) in [5, 5.41) is 0.356. The number of nitrogens with zero attached hydrogens (tertiary/aromatic N) is 1. The van der Waals surface area contributed by atoms with Crippen molar-refractivity contribution < 1.29 is 9.53 Å². The molecule has 1 saturated carbocycles. The number of fused-ring (bicyclic) bond motifs is 1. The van der Waals surface area contributed by atoms with E-state index >= 15 is 0 Å². The van der Waals surface area contributed by atoms with Crippen LogP contribution in [0.5, 0.6) is 0 Å². The first-order valence-electron chi connectivity index (χ1n) is 10.6. The predicted octanol–water partition coefficient (Wildman–Crippen LogP) is 4.12. The highest BCUT2D eigenvalue weighted by Gasteiger charge is 2.19. The van der Waals surface area contributed by atoms with Crippen LogP contribution in [0, 0.1) is 5.92 Å². The molecule has 158 valence electrons. The van der Waals surface area contributed by atoms with Crippen molar-refractivity contribution in [3.05, 3.63) is 67.7 Å². The number of hydrogen-bond donors (Lipinski definition) is 1. The molecule has 3 aromatic rings. The van der Waals surface area contributed by atoms with Crippen LogP contribution in [0.2, 0.25) is 0 Å². The van der Waals surface area contributed by atoms with E-state index in [1.54, 1.807) is 6.07 Å². The van der Waals surface area contributed by atoms with E-state index in [0.29, 0.717) is 34.0 Å². The minimum absolute atomic E-state index is 0.283. The number of esters is 1. The molecular formula is C23H26N2O4S. The normalized spacial score (nSPS) is 15.2. The van der Waals surface area contributed by atoms with Crippen LogP contribution in [0.3, 0.4) is 0 Å². The van der Waals surface area contributed by atoms with Crippen molar-refractivity contribution in [3.8, 4) is 0 Å². The molecule has 0 aliphatic heterocycles. The number of thiophene rings is 1. The van der Waals surface area contributed by atoms with Gasteiger partial charge in [-0.3, -0.25) is 14.3 Å². The fraction of sp³-hybridized carbons (Fsp3) is 0.435. The zero-order valence-corrected chi connectivity index (χ0v) is 17.7. The van der Waals surface area contributed by atoms with E-state index in [9.17, 15) is 14.4 Å². The first-order chi connectivity index (χ1) is 14.6. The van der Waals surface area contributed by atoms with Crippen molar-refractivity contribution in [1.82, 2.24) is 9.55 Å². The zero-order chi connectivity index (χ0) is 20.9. The summed E-state index contributed by atoms with van der Waals surface area (Å²) in [7, 11) is 0. The molecule has 0 saturated heterocycles. The number of carbonyl (C=O) groups is 1. The molecule has 1 fully saturated rings. The maximum atomic E-state index is 12.8. The molecule has 2 heterocycles. The summed E-state index contributed by atoms with van der Waals surface area (Å²) in [6.45, 7) is 0.705.